The second kappa shape index (κ2) is 30.1. The molecule has 3 aromatic heterocycles. The van der Waals surface area contributed by atoms with Gasteiger partial charge in [0.2, 0.25) is 5.91 Å². The molecule has 1 amide bonds. The summed E-state index contributed by atoms with van der Waals surface area (Å²) in [6.45, 7) is 51.4. The van der Waals surface area contributed by atoms with Gasteiger partial charge in [-0.1, -0.05) is 226 Å². The Morgan fingerprint density at radius 3 is 1.00 bits per heavy atom. The third-order valence-corrected chi connectivity index (χ3v) is 21.8. The molecule has 0 unspecified atom stereocenters. The Hall–Kier alpha value is -10.7. The standard InChI is InChI=1S/C33H39N3O.C32H36N4O.C31H35N3/c1-8-18-37-30-11-9-10-24(4)31(30)36-32(25-15-12-22(2)13-16-25)27-20-35(21-28(27)34-36)29-19-26(33(5,6)7)17-14-23(29)3;1-20-11-14-25(32(5,6)7)17-29(20)35-18-27-28(19-35)34-36(30-21(2)9-8-10-22(30)3)31(27)24-12-15-26(16-13-24)33-23(4)37;1-20-11-14-24(15-12-20)30-26-18-33(28-17-25(31(5,6)7)16-13-21(28)2)19-27(26)32-34(30)29-22(3)9-8-10-23(29)4/h9-17,19H,8,18,20-21H2,1-7H3;8-17H,18-19H2,1-7H3,(H,33,37);8-17H,18-19H2,1-7H3. The lowest BCUT2D eigenvalue weighted by Gasteiger charge is -2.26. The maximum Gasteiger partial charge on any atom is 0.221 e. The molecule has 12 heteroatoms. The Morgan fingerprint density at radius 2 is 0.685 bits per heavy atom. The topological polar surface area (TPSA) is 102 Å². The number of benzene rings is 9. The minimum Gasteiger partial charge on any atom is -0.491 e. The average molecular weight is 1440 g/mol. The molecule has 15 rings (SSSR count). The zero-order valence-electron chi connectivity index (χ0n) is 67.8. The summed E-state index contributed by atoms with van der Waals surface area (Å²) >= 11 is 0. The van der Waals surface area contributed by atoms with Crippen molar-refractivity contribution in [1.82, 2.24) is 29.3 Å². The molecule has 9 aromatic carbocycles. The molecule has 108 heavy (non-hydrogen) atoms. The highest BCUT2D eigenvalue weighted by Gasteiger charge is 2.35. The number of nitrogens with one attached hydrogen (secondary N) is 1. The van der Waals surface area contributed by atoms with E-state index in [0.717, 1.165) is 102 Å². The Morgan fingerprint density at radius 1 is 0.380 bits per heavy atom. The minimum absolute atomic E-state index is 0.0716. The lowest BCUT2D eigenvalue weighted by molar-refractivity contribution is -0.114. The third kappa shape index (κ3) is 15.4. The molecule has 3 aliphatic rings. The van der Waals surface area contributed by atoms with Gasteiger partial charge in [0.05, 0.1) is 71.8 Å². The van der Waals surface area contributed by atoms with E-state index in [2.05, 4.69) is 342 Å². The molecule has 3 aliphatic heterocycles. The smallest absolute Gasteiger partial charge is 0.221 e. The van der Waals surface area contributed by atoms with Gasteiger partial charge >= 0.3 is 0 Å². The van der Waals surface area contributed by atoms with Gasteiger partial charge in [-0.25, -0.2) is 14.0 Å². The Balaban J connectivity index is 0.000000143. The molecular weight excluding hydrogens is 1330 g/mol. The fraction of sp³-hybridized carbons (Fsp3) is 0.333. The van der Waals surface area contributed by atoms with E-state index in [9.17, 15) is 4.79 Å². The van der Waals surface area contributed by atoms with Crippen LogP contribution in [0.1, 0.15) is 189 Å². The molecule has 0 saturated heterocycles. The number of para-hydroxylation sites is 3. The van der Waals surface area contributed by atoms with Crippen molar-refractivity contribution >= 4 is 28.7 Å². The summed E-state index contributed by atoms with van der Waals surface area (Å²) in [7, 11) is 0. The number of nitrogens with zero attached hydrogens (tertiary/aromatic N) is 9. The van der Waals surface area contributed by atoms with Crippen molar-refractivity contribution in [2.75, 3.05) is 26.6 Å². The minimum atomic E-state index is -0.0716. The molecule has 0 bridgehead atoms. The molecule has 12 aromatic rings. The first kappa shape index (κ1) is 75.5. The van der Waals surface area contributed by atoms with E-state index in [0.29, 0.717) is 6.61 Å². The van der Waals surface area contributed by atoms with Gasteiger partial charge in [-0.3, -0.25) is 4.79 Å². The summed E-state index contributed by atoms with van der Waals surface area (Å²) in [6.07, 6.45) is 0.968. The van der Waals surface area contributed by atoms with Crippen molar-refractivity contribution in [3.8, 4) is 56.6 Å². The van der Waals surface area contributed by atoms with Crippen LogP contribution in [0.4, 0.5) is 22.7 Å². The number of carbonyl (C=O) groups is 1. The van der Waals surface area contributed by atoms with E-state index in [1.807, 2.05) is 12.1 Å². The maximum atomic E-state index is 11.5. The summed E-state index contributed by atoms with van der Waals surface area (Å²) in [4.78, 5) is 19.0. The largest absolute Gasteiger partial charge is 0.491 e. The van der Waals surface area contributed by atoms with Gasteiger partial charge in [0.25, 0.3) is 0 Å². The summed E-state index contributed by atoms with van der Waals surface area (Å²) in [5, 5.41) is 18.6. The van der Waals surface area contributed by atoms with E-state index in [4.69, 9.17) is 20.0 Å². The molecule has 12 nitrogen and oxygen atoms in total. The van der Waals surface area contributed by atoms with E-state index in [1.54, 1.807) is 0 Å². The Bertz CT molecular complexity index is 5290. The molecule has 556 valence electrons. The number of ether oxygens (including phenoxy) is 1. The summed E-state index contributed by atoms with van der Waals surface area (Å²) in [6, 6.07) is 65.6. The molecule has 0 radical (unpaired) electrons. The Kier molecular flexibility index (Phi) is 21.1. The third-order valence-electron chi connectivity index (χ3n) is 21.8. The maximum absolute atomic E-state index is 11.5. The van der Waals surface area contributed by atoms with Crippen molar-refractivity contribution in [3.63, 3.8) is 0 Å². The van der Waals surface area contributed by atoms with Crippen LogP contribution < -0.4 is 24.8 Å². The summed E-state index contributed by atoms with van der Waals surface area (Å²) < 4.78 is 12.7. The number of rotatable bonds is 13. The van der Waals surface area contributed by atoms with Crippen LogP contribution in [0.2, 0.25) is 0 Å². The van der Waals surface area contributed by atoms with Crippen LogP contribution in [0.3, 0.4) is 0 Å². The number of fused-ring (bicyclic) bond motifs is 3. The highest BCUT2D eigenvalue weighted by molar-refractivity contribution is 5.89. The second-order valence-corrected chi connectivity index (χ2v) is 33.6. The van der Waals surface area contributed by atoms with Gasteiger partial charge in [-0.2, -0.15) is 15.3 Å². The quantitative estimate of drug-likeness (QED) is 0.122. The number of anilines is 4. The highest BCUT2D eigenvalue weighted by atomic mass is 16.5. The molecule has 0 spiro atoms. The van der Waals surface area contributed by atoms with Gasteiger partial charge in [0.15, 0.2) is 0 Å². The van der Waals surface area contributed by atoms with Crippen LogP contribution in [-0.4, -0.2) is 41.9 Å². The highest BCUT2D eigenvalue weighted by Crippen LogP contribution is 2.45. The molecule has 0 saturated carbocycles. The SMILES string of the molecule is CC(=O)Nc1ccc(-c2c3c(nn2-c2c(C)cccc2C)CN(c2cc(C(C)(C)C)ccc2C)C3)cc1.CCCOc1cccc(C)c1-n1nc2c(c1-c1ccc(C)cc1)CN(c1cc(C(C)(C)C)ccc1C)C2.Cc1ccc(-c2c3c(nn2-c2c(C)cccc2C)CN(c2cc(C(C)(C)C)ccc2C)C3)cc1. The lowest BCUT2D eigenvalue weighted by Crippen LogP contribution is -2.19. The van der Waals surface area contributed by atoms with Crippen molar-refractivity contribution in [2.45, 2.75) is 207 Å². The van der Waals surface area contributed by atoms with Crippen LogP contribution >= 0.6 is 0 Å². The van der Waals surface area contributed by atoms with Gasteiger partial charge in [0.1, 0.15) is 11.4 Å². The van der Waals surface area contributed by atoms with Crippen LogP contribution in [0.25, 0.3) is 50.8 Å². The number of carbonyl (C=O) groups excluding carboxylic acids is 1. The molecular formula is C96H110N10O2. The number of aryl methyl sites for hydroxylation is 10. The van der Waals surface area contributed by atoms with E-state index in [-0.39, 0.29) is 22.2 Å². The average Bonchev–Trinajstić information content (AvgIpc) is 1.60. The monoisotopic (exact) mass is 1430 g/mol. The Labute approximate surface area is 642 Å². The first-order valence-corrected chi connectivity index (χ1v) is 38.6. The first-order valence-electron chi connectivity index (χ1n) is 38.6. The van der Waals surface area contributed by atoms with Crippen molar-refractivity contribution in [1.29, 1.82) is 0 Å². The molecule has 1 N–H and O–H groups in total. The number of aromatic nitrogens is 6. The van der Waals surface area contributed by atoms with Crippen molar-refractivity contribution in [2.24, 2.45) is 0 Å². The zero-order valence-corrected chi connectivity index (χ0v) is 67.8. The van der Waals surface area contributed by atoms with Crippen LogP contribution in [0.15, 0.2) is 182 Å². The van der Waals surface area contributed by atoms with E-state index >= 15 is 0 Å². The van der Waals surface area contributed by atoms with Crippen LogP contribution in [0, 0.1) is 69.2 Å². The molecule has 0 aliphatic carbocycles. The number of amides is 1. The fourth-order valence-electron chi connectivity index (χ4n) is 15.6. The number of hydrogen-bond donors (Lipinski definition) is 1. The second-order valence-electron chi connectivity index (χ2n) is 33.6. The van der Waals surface area contributed by atoms with E-state index < -0.39 is 0 Å². The van der Waals surface area contributed by atoms with Crippen molar-refractivity contribution < 1.29 is 9.53 Å². The predicted octanol–water partition coefficient (Wildman–Crippen LogP) is 22.9. The fourth-order valence-corrected chi connectivity index (χ4v) is 15.6. The lowest BCUT2D eigenvalue weighted by atomic mass is 9.86. The van der Waals surface area contributed by atoms with Crippen LogP contribution in [-0.2, 0) is 60.3 Å². The number of hydrogen-bond acceptors (Lipinski definition) is 8. The van der Waals surface area contributed by atoms with Gasteiger partial charge in [-0.05, 0) is 189 Å². The first-order chi connectivity index (χ1) is 51.3. The predicted molar refractivity (Wildman–Crippen MR) is 450 cm³/mol. The van der Waals surface area contributed by atoms with Gasteiger partial charge in [0, 0.05) is 82.7 Å². The zero-order chi connectivity index (χ0) is 77.0. The summed E-state index contributed by atoms with van der Waals surface area (Å²) in [5.41, 5.74) is 39.3. The van der Waals surface area contributed by atoms with Crippen LogP contribution in [0.5, 0.6) is 5.75 Å². The molecule has 0 fully saturated rings. The van der Waals surface area contributed by atoms with Crippen molar-refractivity contribution in [3.05, 3.63) is 288 Å². The summed E-state index contributed by atoms with van der Waals surface area (Å²) in [5.74, 6) is 0.819. The van der Waals surface area contributed by atoms with E-state index in [1.165, 1.54) is 136 Å². The van der Waals surface area contributed by atoms with Gasteiger partial charge in [-0.15, -0.1) is 0 Å². The van der Waals surface area contributed by atoms with Gasteiger partial charge < -0.3 is 24.8 Å². The molecule has 6 heterocycles. The molecule has 0 atom stereocenters. The normalized spacial score (nSPS) is 13.2.